The van der Waals surface area contributed by atoms with Gasteiger partial charge in [0, 0.05) is 17.6 Å². The first-order valence-electron chi connectivity index (χ1n) is 7.09. The highest BCUT2D eigenvalue weighted by Gasteiger charge is 2.08. The van der Waals surface area contributed by atoms with Crippen molar-refractivity contribution in [2.45, 2.75) is 12.5 Å². The Bertz CT molecular complexity index is 707. The topological polar surface area (TPSA) is 48.1 Å². The fourth-order valence-electron chi connectivity index (χ4n) is 2.39. The molecule has 0 radical (unpaired) electrons. The Morgan fingerprint density at radius 2 is 1.71 bits per heavy atom. The molecule has 0 amide bonds. The number of benzene rings is 2. The zero-order valence-electron chi connectivity index (χ0n) is 11.8. The number of rotatable bonds is 5. The fourth-order valence-corrected chi connectivity index (χ4v) is 2.39. The highest BCUT2D eigenvalue weighted by molar-refractivity contribution is 5.81. The summed E-state index contributed by atoms with van der Waals surface area (Å²) in [5.41, 5.74) is 8.42. The minimum atomic E-state index is -0.0454. The number of hydrogen-bond donors (Lipinski definition) is 1. The molecule has 2 aromatic carbocycles. The van der Waals surface area contributed by atoms with Crippen molar-refractivity contribution in [2.24, 2.45) is 5.73 Å². The summed E-state index contributed by atoms with van der Waals surface area (Å²) in [6.07, 6.45) is 2.61. The third kappa shape index (κ3) is 3.38. The Kier molecular flexibility index (Phi) is 4.12. The molecule has 0 saturated carbocycles. The standard InChI is InChI=1S/C18H18N2O/c19-15(13-21-16-6-2-1-3-7-16)12-14-10-11-20-18-9-5-4-8-17(14)18/h1-11,15H,12-13,19H2. The predicted octanol–water partition coefficient (Wildman–Crippen LogP) is 3.18. The maximum Gasteiger partial charge on any atom is 0.119 e. The number of pyridine rings is 1. The Hall–Kier alpha value is -2.39. The van der Waals surface area contributed by atoms with Gasteiger partial charge in [-0.25, -0.2) is 0 Å². The molecule has 0 aliphatic carbocycles. The summed E-state index contributed by atoms with van der Waals surface area (Å²) >= 11 is 0. The number of fused-ring (bicyclic) bond motifs is 1. The Labute approximate surface area is 124 Å². The van der Waals surface area contributed by atoms with Crippen LogP contribution in [-0.4, -0.2) is 17.6 Å². The maximum absolute atomic E-state index is 6.20. The van der Waals surface area contributed by atoms with Crippen molar-refractivity contribution in [1.29, 1.82) is 0 Å². The molecule has 0 saturated heterocycles. The van der Waals surface area contributed by atoms with Gasteiger partial charge in [0.05, 0.1) is 5.52 Å². The Morgan fingerprint density at radius 1 is 0.952 bits per heavy atom. The van der Waals surface area contributed by atoms with Crippen molar-refractivity contribution >= 4 is 10.9 Å². The minimum Gasteiger partial charge on any atom is -0.492 e. The second-order valence-corrected chi connectivity index (χ2v) is 5.08. The van der Waals surface area contributed by atoms with E-state index in [4.69, 9.17) is 10.5 Å². The molecule has 0 aliphatic rings. The second kappa shape index (κ2) is 6.37. The monoisotopic (exact) mass is 278 g/mol. The minimum absolute atomic E-state index is 0.0454. The van der Waals surface area contributed by atoms with E-state index in [2.05, 4.69) is 11.1 Å². The summed E-state index contributed by atoms with van der Waals surface area (Å²) in [6, 6.07) is 19.9. The highest BCUT2D eigenvalue weighted by atomic mass is 16.5. The third-order valence-electron chi connectivity index (χ3n) is 3.43. The Morgan fingerprint density at radius 3 is 2.57 bits per heavy atom. The van der Waals surface area contributed by atoms with Crippen LogP contribution in [0.25, 0.3) is 10.9 Å². The van der Waals surface area contributed by atoms with Gasteiger partial charge in [-0.05, 0) is 36.2 Å². The lowest BCUT2D eigenvalue weighted by Gasteiger charge is -2.14. The van der Waals surface area contributed by atoms with E-state index in [-0.39, 0.29) is 6.04 Å². The van der Waals surface area contributed by atoms with Gasteiger partial charge in [0.15, 0.2) is 0 Å². The maximum atomic E-state index is 6.20. The number of hydrogen-bond acceptors (Lipinski definition) is 3. The number of nitrogens with zero attached hydrogens (tertiary/aromatic N) is 1. The summed E-state index contributed by atoms with van der Waals surface area (Å²) in [5, 5.41) is 1.16. The van der Waals surface area contributed by atoms with Crippen molar-refractivity contribution in [3.63, 3.8) is 0 Å². The van der Waals surface area contributed by atoms with E-state index in [9.17, 15) is 0 Å². The van der Waals surface area contributed by atoms with Crippen LogP contribution in [0.2, 0.25) is 0 Å². The van der Waals surface area contributed by atoms with Gasteiger partial charge >= 0.3 is 0 Å². The molecule has 3 aromatic rings. The summed E-state index contributed by atoms with van der Waals surface area (Å²) in [7, 11) is 0. The summed E-state index contributed by atoms with van der Waals surface area (Å²) in [5.74, 6) is 0.854. The molecule has 3 nitrogen and oxygen atoms in total. The molecule has 3 rings (SSSR count). The van der Waals surface area contributed by atoms with E-state index in [1.165, 1.54) is 5.56 Å². The van der Waals surface area contributed by atoms with Gasteiger partial charge < -0.3 is 10.5 Å². The van der Waals surface area contributed by atoms with Gasteiger partial charge in [-0.15, -0.1) is 0 Å². The van der Waals surface area contributed by atoms with E-state index in [1.54, 1.807) is 0 Å². The van der Waals surface area contributed by atoms with Crippen LogP contribution in [0, 0.1) is 0 Å². The summed E-state index contributed by atoms with van der Waals surface area (Å²) in [6.45, 7) is 0.501. The van der Waals surface area contributed by atoms with Crippen molar-refractivity contribution in [1.82, 2.24) is 4.98 Å². The largest absolute Gasteiger partial charge is 0.492 e. The molecule has 1 unspecified atom stereocenters. The van der Waals surface area contributed by atoms with E-state index >= 15 is 0 Å². The molecule has 0 bridgehead atoms. The molecule has 0 spiro atoms. The van der Waals surface area contributed by atoms with Crippen LogP contribution in [-0.2, 0) is 6.42 Å². The molecule has 0 fully saturated rings. The van der Waals surface area contributed by atoms with Crippen LogP contribution in [0.15, 0.2) is 66.9 Å². The molecule has 106 valence electrons. The normalized spacial score (nSPS) is 12.2. The van der Waals surface area contributed by atoms with Gasteiger partial charge in [0.1, 0.15) is 12.4 Å². The predicted molar refractivity (Wildman–Crippen MR) is 85.4 cm³/mol. The second-order valence-electron chi connectivity index (χ2n) is 5.08. The molecule has 2 N–H and O–H groups in total. The van der Waals surface area contributed by atoms with Gasteiger partial charge in [-0.2, -0.15) is 0 Å². The van der Waals surface area contributed by atoms with Crippen LogP contribution >= 0.6 is 0 Å². The molecule has 1 aromatic heterocycles. The number of aromatic nitrogens is 1. The van der Waals surface area contributed by atoms with Gasteiger partial charge in [0.2, 0.25) is 0 Å². The number of nitrogens with two attached hydrogens (primary N) is 1. The van der Waals surface area contributed by atoms with Gasteiger partial charge in [-0.1, -0.05) is 36.4 Å². The van der Waals surface area contributed by atoms with Gasteiger partial charge in [0.25, 0.3) is 0 Å². The number of ether oxygens (including phenoxy) is 1. The molecule has 21 heavy (non-hydrogen) atoms. The lowest BCUT2D eigenvalue weighted by atomic mass is 10.0. The lowest BCUT2D eigenvalue weighted by Crippen LogP contribution is -2.30. The summed E-state index contributed by atoms with van der Waals surface area (Å²) < 4.78 is 5.71. The van der Waals surface area contributed by atoms with Crippen molar-refractivity contribution < 1.29 is 4.74 Å². The molecule has 1 atom stereocenters. The molecular weight excluding hydrogens is 260 g/mol. The van der Waals surface area contributed by atoms with E-state index in [0.29, 0.717) is 6.61 Å². The first-order chi connectivity index (χ1) is 10.3. The van der Waals surface area contributed by atoms with Crippen molar-refractivity contribution in [3.8, 4) is 5.75 Å². The third-order valence-corrected chi connectivity index (χ3v) is 3.43. The quantitative estimate of drug-likeness (QED) is 0.779. The van der Waals surface area contributed by atoms with E-state index in [1.807, 2.05) is 60.8 Å². The molecule has 0 aliphatic heterocycles. The molecule has 1 heterocycles. The van der Waals surface area contributed by atoms with Crippen LogP contribution < -0.4 is 10.5 Å². The molecular formula is C18H18N2O. The van der Waals surface area contributed by atoms with Crippen LogP contribution in [0.5, 0.6) is 5.75 Å². The average molecular weight is 278 g/mol. The molecule has 3 heteroatoms. The SMILES string of the molecule is NC(COc1ccccc1)Cc1ccnc2ccccc12. The summed E-state index contributed by atoms with van der Waals surface area (Å²) in [4.78, 5) is 4.37. The van der Waals surface area contributed by atoms with E-state index in [0.717, 1.165) is 23.1 Å². The van der Waals surface area contributed by atoms with Gasteiger partial charge in [-0.3, -0.25) is 4.98 Å². The number of para-hydroxylation sites is 2. The van der Waals surface area contributed by atoms with Crippen molar-refractivity contribution in [2.75, 3.05) is 6.61 Å². The average Bonchev–Trinajstić information content (AvgIpc) is 2.54. The van der Waals surface area contributed by atoms with Crippen LogP contribution in [0.3, 0.4) is 0 Å². The first kappa shape index (κ1) is 13.6. The zero-order valence-corrected chi connectivity index (χ0v) is 11.8. The van der Waals surface area contributed by atoms with E-state index < -0.39 is 0 Å². The Balaban J connectivity index is 1.67. The van der Waals surface area contributed by atoms with Crippen molar-refractivity contribution in [3.05, 3.63) is 72.4 Å². The smallest absolute Gasteiger partial charge is 0.119 e. The lowest BCUT2D eigenvalue weighted by molar-refractivity contribution is 0.288. The first-order valence-corrected chi connectivity index (χ1v) is 7.09. The zero-order chi connectivity index (χ0) is 14.5. The van der Waals surface area contributed by atoms with Crippen LogP contribution in [0.1, 0.15) is 5.56 Å². The highest BCUT2D eigenvalue weighted by Crippen LogP contribution is 2.17. The van der Waals surface area contributed by atoms with Crippen LogP contribution in [0.4, 0.5) is 0 Å². The fraction of sp³-hybridized carbons (Fsp3) is 0.167.